The Hall–Kier alpha value is -1.51. The molecule has 0 aliphatic carbocycles. The number of nitrogens with zero attached hydrogens (tertiary/aromatic N) is 2. The first-order valence-electron chi connectivity index (χ1n) is 9.34. The Bertz CT molecular complexity index is 649. The number of aryl methyl sites for hydroxylation is 1. The number of guanidine groups is 1. The van der Waals surface area contributed by atoms with Crippen molar-refractivity contribution in [2.45, 2.75) is 39.7 Å². The number of nitrogens with one attached hydrogen (secondary N) is 2. The second-order valence-electron chi connectivity index (χ2n) is 7.12. The van der Waals surface area contributed by atoms with Gasteiger partial charge < -0.3 is 20.3 Å². The molecule has 0 aromatic heterocycles. The molecule has 0 radical (unpaired) electrons. The molecule has 2 N–H and O–H groups in total. The largest absolute Gasteiger partial charge is 0.496 e. The smallest absolute Gasteiger partial charge is 0.225 e. The maximum atomic E-state index is 12.1. The second kappa shape index (κ2) is 11.4. The number of rotatable bonds is 6. The van der Waals surface area contributed by atoms with Gasteiger partial charge in [-0.15, -0.1) is 24.0 Å². The zero-order valence-electron chi connectivity index (χ0n) is 17.0. The van der Waals surface area contributed by atoms with Crippen LogP contribution in [0.15, 0.2) is 23.2 Å². The molecule has 27 heavy (non-hydrogen) atoms. The van der Waals surface area contributed by atoms with E-state index >= 15 is 0 Å². The van der Waals surface area contributed by atoms with Crippen molar-refractivity contribution < 1.29 is 9.53 Å². The van der Waals surface area contributed by atoms with Gasteiger partial charge in [0.1, 0.15) is 5.75 Å². The van der Waals surface area contributed by atoms with Crippen LogP contribution >= 0.6 is 24.0 Å². The van der Waals surface area contributed by atoms with Crippen LogP contribution in [0.5, 0.6) is 5.75 Å². The second-order valence-corrected chi connectivity index (χ2v) is 7.12. The van der Waals surface area contributed by atoms with Gasteiger partial charge in [-0.05, 0) is 37.0 Å². The summed E-state index contributed by atoms with van der Waals surface area (Å²) >= 11 is 0. The number of benzene rings is 1. The molecule has 1 amide bonds. The quantitative estimate of drug-likeness (QED) is 0.367. The molecule has 0 saturated carbocycles. The minimum atomic E-state index is 0. The zero-order valence-corrected chi connectivity index (χ0v) is 19.4. The number of ether oxygens (including phenoxy) is 1. The lowest BCUT2D eigenvalue weighted by molar-refractivity contribution is -0.133. The van der Waals surface area contributed by atoms with E-state index in [0.717, 1.165) is 49.7 Å². The topological polar surface area (TPSA) is 66.0 Å². The van der Waals surface area contributed by atoms with Gasteiger partial charge in [-0.2, -0.15) is 0 Å². The molecule has 6 nitrogen and oxygen atoms in total. The van der Waals surface area contributed by atoms with Gasteiger partial charge in [0.15, 0.2) is 5.96 Å². The zero-order chi connectivity index (χ0) is 19.1. The van der Waals surface area contributed by atoms with Crippen LogP contribution in [0.1, 0.15) is 31.4 Å². The van der Waals surface area contributed by atoms with E-state index in [0.29, 0.717) is 0 Å². The van der Waals surface area contributed by atoms with E-state index in [1.807, 2.05) is 25.7 Å². The van der Waals surface area contributed by atoms with Crippen molar-refractivity contribution in [3.63, 3.8) is 0 Å². The summed E-state index contributed by atoms with van der Waals surface area (Å²) in [4.78, 5) is 18.3. The van der Waals surface area contributed by atoms with Gasteiger partial charge in [0.2, 0.25) is 5.91 Å². The van der Waals surface area contributed by atoms with Crippen LogP contribution in [-0.4, -0.2) is 56.6 Å². The highest BCUT2D eigenvalue weighted by molar-refractivity contribution is 14.0. The van der Waals surface area contributed by atoms with E-state index in [-0.39, 0.29) is 41.8 Å². The highest BCUT2D eigenvalue weighted by Gasteiger charge is 2.27. The number of methoxy groups -OCH3 is 1. The monoisotopic (exact) mass is 488 g/mol. The van der Waals surface area contributed by atoms with Crippen molar-refractivity contribution in [2.24, 2.45) is 10.9 Å². The van der Waals surface area contributed by atoms with E-state index in [9.17, 15) is 4.79 Å². The summed E-state index contributed by atoms with van der Waals surface area (Å²) in [6, 6.07) is 6.55. The Morgan fingerprint density at radius 1 is 1.41 bits per heavy atom. The fourth-order valence-corrected chi connectivity index (χ4v) is 3.18. The first-order valence-corrected chi connectivity index (χ1v) is 9.34. The molecule has 2 rings (SSSR count). The Kier molecular flexibility index (Phi) is 9.90. The molecule has 152 valence electrons. The van der Waals surface area contributed by atoms with Crippen LogP contribution in [-0.2, 0) is 11.2 Å². The van der Waals surface area contributed by atoms with E-state index in [2.05, 4.69) is 33.8 Å². The van der Waals surface area contributed by atoms with E-state index in [4.69, 9.17) is 4.74 Å². The number of hydrogen-bond acceptors (Lipinski definition) is 3. The van der Waals surface area contributed by atoms with Gasteiger partial charge >= 0.3 is 0 Å². The molecule has 1 unspecified atom stereocenters. The standard InChI is InChI=1S/C20H32N4O2.HI/c1-14(2)19(25)24-11-9-17(13-24)23-20(21-4)22-10-8-16-7-6-15(3)18(12-16)26-5;/h6-7,12,14,17H,8-11,13H2,1-5H3,(H2,21,22,23);1H. The van der Waals surface area contributed by atoms with Crippen molar-refractivity contribution in [1.29, 1.82) is 0 Å². The van der Waals surface area contributed by atoms with Crippen molar-refractivity contribution in [3.05, 3.63) is 29.3 Å². The molecule has 0 bridgehead atoms. The van der Waals surface area contributed by atoms with Crippen LogP contribution in [0.25, 0.3) is 0 Å². The molecule has 1 aromatic carbocycles. The summed E-state index contributed by atoms with van der Waals surface area (Å²) < 4.78 is 5.38. The lowest BCUT2D eigenvalue weighted by atomic mass is 10.1. The summed E-state index contributed by atoms with van der Waals surface area (Å²) in [5, 5.41) is 6.79. The molecule has 7 heteroatoms. The van der Waals surface area contributed by atoms with Crippen LogP contribution in [0.4, 0.5) is 0 Å². The lowest BCUT2D eigenvalue weighted by Gasteiger charge is -2.20. The predicted octanol–water partition coefficient (Wildman–Crippen LogP) is 2.59. The fraction of sp³-hybridized carbons (Fsp3) is 0.600. The van der Waals surface area contributed by atoms with Crippen LogP contribution in [0.2, 0.25) is 0 Å². The third kappa shape index (κ3) is 6.86. The van der Waals surface area contributed by atoms with Gasteiger partial charge in [-0.25, -0.2) is 0 Å². The molecule has 0 spiro atoms. The van der Waals surface area contributed by atoms with Crippen molar-refractivity contribution in [2.75, 3.05) is 33.8 Å². The normalized spacial score (nSPS) is 16.9. The van der Waals surface area contributed by atoms with Crippen LogP contribution in [0.3, 0.4) is 0 Å². The first kappa shape index (κ1) is 23.5. The maximum Gasteiger partial charge on any atom is 0.225 e. The third-order valence-electron chi connectivity index (χ3n) is 4.74. The van der Waals surface area contributed by atoms with Crippen LogP contribution < -0.4 is 15.4 Å². The van der Waals surface area contributed by atoms with Gasteiger partial charge in [0, 0.05) is 38.6 Å². The summed E-state index contributed by atoms with van der Waals surface area (Å²) in [5.41, 5.74) is 2.37. The van der Waals surface area contributed by atoms with Crippen LogP contribution in [0, 0.1) is 12.8 Å². The number of amides is 1. The average Bonchev–Trinajstić information content (AvgIpc) is 3.09. The van der Waals surface area contributed by atoms with Gasteiger partial charge in [-0.3, -0.25) is 9.79 Å². The third-order valence-corrected chi connectivity index (χ3v) is 4.74. The Morgan fingerprint density at radius 3 is 2.78 bits per heavy atom. The summed E-state index contributed by atoms with van der Waals surface area (Å²) in [6.45, 7) is 8.28. The molecule has 1 heterocycles. The maximum absolute atomic E-state index is 12.1. The molecule has 1 aliphatic rings. The van der Waals surface area contributed by atoms with Gasteiger partial charge in [-0.1, -0.05) is 26.0 Å². The molecular weight excluding hydrogens is 455 g/mol. The number of likely N-dealkylation sites (tertiary alicyclic amines) is 1. The molecule has 1 saturated heterocycles. The van der Waals surface area contributed by atoms with E-state index < -0.39 is 0 Å². The summed E-state index contributed by atoms with van der Waals surface area (Å²) in [7, 11) is 3.47. The first-order chi connectivity index (χ1) is 12.4. The number of carbonyl (C=O) groups is 1. The molecule has 1 atom stereocenters. The van der Waals surface area contributed by atoms with Gasteiger partial charge in [0.25, 0.3) is 0 Å². The van der Waals surface area contributed by atoms with Crippen molar-refractivity contribution in [3.8, 4) is 5.75 Å². The van der Waals surface area contributed by atoms with E-state index in [1.54, 1.807) is 14.2 Å². The minimum Gasteiger partial charge on any atom is -0.496 e. The fourth-order valence-electron chi connectivity index (χ4n) is 3.18. The van der Waals surface area contributed by atoms with Crippen molar-refractivity contribution >= 4 is 35.8 Å². The molecular formula is C20H33IN4O2. The molecule has 1 aromatic rings. The summed E-state index contributed by atoms with van der Waals surface area (Å²) in [6.07, 6.45) is 1.84. The Morgan fingerprint density at radius 2 is 2.15 bits per heavy atom. The minimum absolute atomic E-state index is 0. The predicted molar refractivity (Wildman–Crippen MR) is 121 cm³/mol. The average molecular weight is 488 g/mol. The Balaban J connectivity index is 0.00000364. The van der Waals surface area contributed by atoms with Gasteiger partial charge in [0.05, 0.1) is 7.11 Å². The highest BCUT2D eigenvalue weighted by atomic mass is 127. The lowest BCUT2D eigenvalue weighted by Crippen LogP contribution is -2.45. The van der Waals surface area contributed by atoms with Crippen molar-refractivity contribution in [1.82, 2.24) is 15.5 Å². The number of carbonyl (C=O) groups excluding carboxylic acids is 1. The summed E-state index contributed by atoms with van der Waals surface area (Å²) in [5.74, 6) is 1.99. The number of hydrogen-bond donors (Lipinski definition) is 2. The number of aliphatic imine (C=N–C) groups is 1. The number of halogens is 1. The molecule has 1 fully saturated rings. The highest BCUT2D eigenvalue weighted by Crippen LogP contribution is 2.19. The SMILES string of the molecule is CN=C(NCCc1ccc(C)c(OC)c1)NC1CCN(C(=O)C(C)C)C1.I. The van der Waals surface area contributed by atoms with E-state index in [1.165, 1.54) is 5.56 Å². The Labute approximate surface area is 180 Å². The molecule has 1 aliphatic heterocycles.